The van der Waals surface area contributed by atoms with E-state index in [9.17, 15) is 0 Å². The summed E-state index contributed by atoms with van der Waals surface area (Å²) in [6, 6.07) is 5.13. The number of allylic oxidation sites excluding steroid dienone is 4. The van der Waals surface area contributed by atoms with Gasteiger partial charge in [0.1, 0.15) is 0 Å². The minimum Gasteiger partial charge on any atom is -0.0661 e. The van der Waals surface area contributed by atoms with Crippen LogP contribution < -0.4 is 0 Å². The minimum absolute atomic E-state index is 0.189. The second kappa shape index (κ2) is 12.0. The van der Waals surface area contributed by atoms with E-state index in [1.54, 1.807) is 39.0 Å². The molecule has 1 unspecified atom stereocenters. The molecule has 0 amide bonds. The summed E-state index contributed by atoms with van der Waals surface area (Å²) in [4.78, 5) is 0. The fourth-order valence-corrected chi connectivity index (χ4v) is 6.27. The highest BCUT2D eigenvalue weighted by atomic mass is 14.4. The van der Waals surface area contributed by atoms with Crippen LogP contribution in [0, 0.1) is 23.2 Å². The van der Waals surface area contributed by atoms with Crippen LogP contribution in [0.4, 0.5) is 0 Å². The molecule has 0 heteroatoms. The van der Waals surface area contributed by atoms with E-state index in [-0.39, 0.29) is 10.8 Å². The van der Waals surface area contributed by atoms with E-state index in [0.29, 0.717) is 29.6 Å². The van der Waals surface area contributed by atoms with Crippen LogP contribution in [0.25, 0.3) is 0 Å². The zero-order valence-corrected chi connectivity index (χ0v) is 26.7. The minimum atomic E-state index is 0.189. The molecule has 1 aromatic carbocycles. The average molecular weight is 493 g/mol. The van der Waals surface area contributed by atoms with Crippen molar-refractivity contribution >= 4 is 0 Å². The van der Waals surface area contributed by atoms with Crippen LogP contribution in [0.15, 0.2) is 34.9 Å². The van der Waals surface area contributed by atoms with E-state index >= 15 is 0 Å². The Labute approximate surface area is 226 Å². The third-order valence-electron chi connectivity index (χ3n) is 8.42. The van der Waals surface area contributed by atoms with E-state index in [4.69, 9.17) is 0 Å². The van der Waals surface area contributed by atoms with Crippen molar-refractivity contribution in [3.63, 3.8) is 0 Å². The van der Waals surface area contributed by atoms with Gasteiger partial charge in [-0.2, -0.15) is 0 Å². The third kappa shape index (κ3) is 7.61. The van der Waals surface area contributed by atoms with E-state index in [2.05, 4.69) is 115 Å². The summed E-state index contributed by atoms with van der Waals surface area (Å²) < 4.78 is 0. The van der Waals surface area contributed by atoms with E-state index in [1.807, 2.05) is 0 Å². The molecule has 0 saturated heterocycles. The highest BCUT2D eigenvalue weighted by molar-refractivity contribution is 5.45. The molecule has 0 radical (unpaired) electrons. The highest BCUT2D eigenvalue weighted by Crippen LogP contribution is 2.45. The molecule has 0 fully saturated rings. The Balaban J connectivity index is 2.28. The SMILES string of the molecule is CC(C)C1=C(CCCCc2cc(C(C)C)c(C(C)(C)C)cc2C(C)C)CC(C(C)C)C(C(C)(C)C)=C1. The smallest absolute Gasteiger partial charge is 0.0129 e. The van der Waals surface area contributed by atoms with Crippen LogP contribution in [-0.4, -0.2) is 0 Å². The first-order valence-corrected chi connectivity index (χ1v) is 15.1. The number of benzene rings is 1. The van der Waals surface area contributed by atoms with Gasteiger partial charge in [-0.25, -0.2) is 0 Å². The zero-order chi connectivity index (χ0) is 27.6. The maximum Gasteiger partial charge on any atom is -0.0129 e. The quantitative estimate of drug-likeness (QED) is 0.301. The number of hydrogen-bond acceptors (Lipinski definition) is 0. The lowest BCUT2D eigenvalue weighted by atomic mass is 9.67. The fraction of sp³-hybridized carbons (Fsp3) is 0.722. The monoisotopic (exact) mass is 492 g/mol. The molecule has 204 valence electrons. The summed E-state index contributed by atoms with van der Waals surface area (Å²) >= 11 is 0. The second-order valence-electron chi connectivity index (χ2n) is 15.0. The Bertz CT molecular complexity index is 931. The highest BCUT2D eigenvalue weighted by Gasteiger charge is 2.32. The van der Waals surface area contributed by atoms with Crippen molar-refractivity contribution in [3.8, 4) is 0 Å². The molecule has 0 heterocycles. The van der Waals surface area contributed by atoms with Crippen molar-refractivity contribution in [2.24, 2.45) is 23.2 Å². The first kappa shape index (κ1) is 30.9. The molecule has 36 heavy (non-hydrogen) atoms. The van der Waals surface area contributed by atoms with Crippen LogP contribution in [0.2, 0.25) is 0 Å². The van der Waals surface area contributed by atoms with Gasteiger partial charge in [-0.3, -0.25) is 0 Å². The van der Waals surface area contributed by atoms with Crippen LogP contribution in [0.5, 0.6) is 0 Å². The van der Waals surface area contributed by atoms with E-state index < -0.39 is 0 Å². The van der Waals surface area contributed by atoms with Crippen LogP contribution >= 0.6 is 0 Å². The van der Waals surface area contributed by atoms with E-state index in [0.717, 1.165) is 0 Å². The van der Waals surface area contributed by atoms with Gasteiger partial charge in [0.2, 0.25) is 0 Å². The molecule has 0 spiro atoms. The molecular formula is C36H60. The van der Waals surface area contributed by atoms with Gasteiger partial charge in [-0.15, -0.1) is 0 Å². The van der Waals surface area contributed by atoms with Crippen LogP contribution in [0.1, 0.15) is 157 Å². The summed E-state index contributed by atoms with van der Waals surface area (Å²) in [7, 11) is 0. The Hall–Kier alpha value is -1.30. The molecule has 1 aromatic rings. The molecule has 0 N–H and O–H groups in total. The summed E-state index contributed by atoms with van der Waals surface area (Å²) in [5, 5.41) is 0. The summed E-state index contributed by atoms with van der Waals surface area (Å²) in [5.41, 5.74) is 11.8. The Morgan fingerprint density at radius 1 is 0.694 bits per heavy atom. The topological polar surface area (TPSA) is 0 Å². The first-order valence-electron chi connectivity index (χ1n) is 15.1. The van der Waals surface area contributed by atoms with Crippen molar-refractivity contribution in [1.29, 1.82) is 0 Å². The van der Waals surface area contributed by atoms with Gasteiger partial charge < -0.3 is 0 Å². The maximum absolute atomic E-state index is 2.62. The van der Waals surface area contributed by atoms with Gasteiger partial charge in [0.05, 0.1) is 0 Å². The van der Waals surface area contributed by atoms with Crippen LogP contribution in [0.3, 0.4) is 0 Å². The largest absolute Gasteiger partial charge is 0.0661 e. The predicted octanol–water partition coefficient (Wildman–Crippen LogP) is 11.5. The van der Waals surface area contributed by atoms with Crippen molar-refractivity contribution in [2.45, 2.75) is 146 Å². The lowest BCUT2D eigenvalue weighted by Crippen LogP contribution is -2.26. The van der Waals surface area contributed by atoms with Gasteiger partial charge in [0, 0.05) is 0 Å². The fourth-order valence-electron chi connectivity index (χ4n) is 6.27. The molecular weight excluding hydrogens is 432 g/mol. The van der Waals surface area contributed by atoms with Crippen molar-refractivity contribution in [2.75, 3.05) is 0 Å². The molecule has 1 aliphatic rings. The Morgan fingerprint density at radius 2 is 1.25 bits per heavy atom. The number of hydrogen-bond donors (Lipinski definition) is 0. The molecule has 0 nitrogen and oxygen atoms in total. The molecule has 1 atom stereocenters. The predicted molar refractivity (Wildman–Crippen MR) is 163 cm³/mol. The standard InChI is InChI=1S/C36H60/c1-23(2)29-21-33(35(9,10)11)31(25(5)6)19-27(29)17-15-16-18-28-20-32(26(7)8)34(36(12,13)14)22-30(28)24(3)4/h19,21-26,32H,15-18,20H2,1-14H3. The van der Waals surface area contributed by atoms with Crippen molar-refractivity contribution in [3.05, 3.63) is 57.2 Å². The molecule has 1 aliphatic carbocycles. The normalized spacial score (nSPS) is 17.7. The Kier molecular flexibility index (Phi) is 10.3. The average Bonchev–Trinajstić information content (AvgIpc) is 2.73. The summed E-state index contributed by atoms with van der Waals surface area (Å²) in [6.07, 6.45) is 8.93. The number of unbranched alkanes of at least 4 members (excludes halogenated alkanes) is 1. The summed E-state index contributed by atoms with van der Waals surface area (Å²) in [6.45, 7) is 33.4. The Morgan fingerprint density at radius 3 is 1.69 bits per heavy atom. The van der Waals surface area contributed by atoms with Gasteiger partial charge in [0.25, 0.3) is 0 Å². The summed E-state index contributed by atoms with van der Waals surface area (Å²) in [5.74, 6) is 3.13. The number of aryl methyl sites for hydroxylation is 1. The first-order chi connectivity index (χ1) is 16.4. The lowest BCUT2D eigenvalue weighted by molar-refractivity contribution is 0.340. The van der Waals surface area contributed by atoms with Gasteiger partial charge >= 0.3 is 0 Å². The lowest BCUT2D eigenvalue weighted by Gasteiger charge is -2.38. The molecule has 0 aromatic heterocycles. The number of rotatable bonds is 9. The molecule has 0 saturated carbocycles. The van der Waals surface area contributed by atoms with Gasteiger partial charge in [-0.1, -0.05) is 126 Å². The zero-order valence-electron chi connectivity index (χ0n) is 26.7. The second-order valence-corrected chi connectivity index (χ2v) is 15.0. The van der Waals surface area contributed by atoms with Crippen LogP contribution in [-0.2, 0) is 11.8 Å². The van der Waals surface area contributed by atoms with Gasteiger partial charge in [-0.05, 0) is 100 Å². The molecule has 0 bridgehead atoms. The maximum atomic E-state index is 2.62. The molecule has 0 aliphatic heterocycles. The van der Waals surface area contributed by atoms with E-state index in [1.165, 1.54) is 32.1 Å². The van der Waals surface area contributed by atoms with Crippen molar-refractivity contribution < 1.29 is 0 Å². The third-order valence-corrected chi connectivity index (χ3v) is 8.42. The molecule has 2 rings (SSSR count). The van der Waals surface area contributed by atoms with Crippen molar-refractivity contribution in [1.82, 2.24) is 0 Å². The van der Waals surface area contributed by atoms with Gasteiger partial charge in [0.15, 0.2) is 0 Å².